The molecule has 110 valence electrons. The molecule has 0 aliphatic heterocycles. The molecule has 0 aliphatic carbocycles. The highest BCUT2D eigenvalue weighted by atomic mass is 16.2. The lowest BCUT2D eigenvalue weighted by molar-refractivity contribution is -0.134. The van der Waals surface area contributed by atoms with E-state index in [-0.39, 0.29) is 24.0 Å². The van der Waals surface area contributed by atoms with Gasteiger partial charge in [0.2, 0.25) is 11.7 Å². The van der Waals surface area contributed by atoms with Gasteiger partial charge in [-0.15, -0.1) is 0 Å². The maximum atomic E-state index is 12.0. The van der Waals surface area contributed by atoms with Gasteiger partial charge < -0.3 is 5.32 Å². The van der Waals surface area contributed by atoms with E-state index in [1.165, 1.54) is 0 Å². The van der Waals surface area contributed by atoms with E-state index < -0.39 is 17.9 Å². The van der Waals surface area contributed by atoms with Crippen LogP contribution >= 0.6 is 0 Å². The molecule has 0 fully saturated rings. The average Bonchev–Trinajstić information content (AvgIpc) is 2.33. The van der Waals surface area contributed by atoms with Crippen molar-refractivity contribution in [3.8, 4) is 0 Å². The van der Waals surface area contributed by atoms with E-state index in [4.69, 9.17) is 5.84 Å². The van der Waals surface area contributed by atoms with Crippen molar-refractivity contribution in [2.75, 3.05) is 0 Å². The molecular weight excluding hydrogens is 246 g/mol. The molecule has 0 spiro atoms. The van der Waals surface area contributed by atoms with Crippen molar-refractivity contribution >= 4 is 18.0 Å². The summed E-state index contributed by atoms with van der Waals surface area (Å²) in [6.07, 6.45) is 1.24. The molecule has 6 heteroatoms. The monoisotopic (exact) mass is 271 g/mol. The summed E-state index contributed by atoms with van der Waals surface area (Å²) in [6, 6.07) is -1.33. The van der Waals surface area contributed by atoms with Gasteiger partial charge in [0.15, 0.2) is 6.29 Å². The fourth-order valence-electron chi connectivity index (χ4n) is 1.79. The molecule has 0 aromatic carbocycles. The summed E-state index contributed by atoms with van der Waals surface area (Å²) in [4.78, 5) is 34.1. The Kier molecular flexibility index (Phi) is 8.18. The quantitative estimate of drug-likeness (QED) is 0.240. The Morgan fingerprint density at radius 1 is 1.05 bits per heavy atom. The van der Waals surface area contributed by atoms with Gasteiger partial charge in [0.25, 0.3) is 0 Å². The van der Waals surface area contributed by atoms with Gasteiger partial charge >= 0.3 is 0 Å². The first kappa shape index (κ1) is 17.7. The van der Waals surface area contributed by atoms with Gasteiger partial charge in [-0.1, -0.05) is 27.7 Å². The van der Waals surface area contributed by atoms with Crippen LogP contribution in [0.5, 0.6) is 0 Å². The van der Waals surface area contributed by atoms with Gasteiger partial charge in [-0.25, -0.2) is 5.43 Å². The van der Waals surface area contributed by atoms with Crippen LogP contribution in [0.3, 0.4) is 0 Å². The van der Waals surface area contributed by atoms with E-state index in [1.807, 2.05) is 27.7 Å². The fraction of sp³-hybridized carbons (Fsp3) is 0.769. The normalized spacial score (nSPS) is 14.3. The zero-order chi connectivity index (χ0) is 15.0. The first-order valence-electron chi connectivity index (χ1n) is 6.57. The predicted molar refractivity (Wildman–Crippen MR) is 73.0 cm³/mol. The number of Topliss-reactive ketones (excluding diaryl/α,β-unsaturated/α-hetero) is 1. The Balaban J connectivity index is 4.67. The Morgan fingerprint density at radius 3 is 1.89 bits per heavy atom. The van der Waals surface area contributed by atoms with E-state index in [2.05, 4.69) is 10.7 Å². The van der Waals surface area contributed by atoms with Gasteiger partial charge in [0, 0.05) is 0 Å². The fourth-order valence-corrected chi connectivity index (χ4v) is 1.79. The van der Waals surface area contributed by atoms with Crippen LogP contribution in [0.15, 0.2) is 0 Å². The summed E-state index contributed by atoms with van der Waals surface area (Å²) in [5.74, 6) is 4.87. The molecule has 0 saturated carbocycles. The lowest BCUT2D eigenvalue weighted by atomic mass is 9.99. The van der Waals surface area contributed by atoms with Crippen molar-refractivity contribution in [3.63, 3.8) is 0 Å². The number of carbonyl (C=O) groups is 3. The number of rotatable bonds is 9. The Labute approximate surface area is 114 Å². The highest BCUT2D eigenvalue weighted by Gasteiger charge is 2.25. The highest BCUT2D eigenvalue weighted by Crippen LogP contribution is 2.08. The van der Waals surface area contributed by atoms with Crippen LogP contribution in [0.1, 0.15) is 40.5 Å². The van der Waals surface area contributed by atoms with E-state index in [0.29, 0.717) is 12.8 Å². The number of hydrogen-bond acceptors (Lipinski definition) is 5. The topological polar surface area (TPSA) is 101 Å². The molecule has 4 N–H and O–H groups in total. The van der Waals surface area contributed by atoms with E-state index in [1.54, 1.807) is 0 Å². The molecule has 1 amide bonds. The maximum absolute atomic E-state index is 12.0. The standard InChI is InChI=1S/C13H25N3O3/c1-8(2)5-10(12(18)7-17)15-13(19)11(16-14)6-9(3)4/h7-11,16H,5-6,14H2,1-4H3,(H,15,19)/t10-,11-/m0/s1. The predicted octanol–water partition coefficient (Wildman–Crippen LogP) is 0.163. The third-order valence-electron chi connectivity index (χ3n) is 2.71. The number of nitrogens with one attached hydrogen (secondary N) is 2. The van der Waals surface area contributed by atoms with Crippen LogP contribution in [0.2, 0.25) is 0 Å². The molecule has 19 heavy (non-hydrogen) atoms. The van der Waals surface area contributed by atoms with Crippen LogP contribution in [0, 0.1) is 11.8 Å². The SMILES string of the molecule is CC(C)C[C@H](NC(=O)[C@H](CC(C)C)NN)C(=O)C=O. The number of carbonyl (C=O) groups excluding carboxylic acids is 3. The number of aldehydes is 1. The first-order valence-corrected chi connectivity index (χ1v) is 6.57. The molecule has 0 aromatic heterocycles. The Bertz CT molecular complexity index is 316. The minimum atomic E-state index is -0.770. The molecule has 0 aromatic rings. The number of ketones is 1. The van der Waals surface area contributed by atoms with Crippen LogP contribution in [-0.2, 0) is 14.4 Å². The van der Waals surface area contributed by atoms with Gasteiger partial charge in [-0.2, -0.15) is 0 Å². The maximum Gasteiger partial charge on any atom is 0.239 e. The van der Waals surface area contributed by atoms with Crippen molar-refractivity contribution < 1.29 is 14.4 Å². The van der Waals surface area contributed by atoms with Gasteiger partial charge in [-0.3, -0.25) is 20.2 Å². The molecule has 0 rings (SSSR count). The van der Waals surface area contributed by atoms with Crippen LogP contribution in [0.4, 0.5) is 0 Å². The second-order valence-electron chi connectivity index (χ2n) is 5.56. The molecule has 0 heterocycles. The first-order chi connectivity index (χ1) is 8.81. The van der Waals surface area contributed by atoms with E-state index >= 15 is 0 Å². The highest BCUT2D eigenvalue weighted by molar-refractivity contribution is 6.27. The molecule has 6 nitrogen and oxygen atoms in total. The van der Waals surface area contributed by atoms with Gasteiger partial charge in [0.05, 0.1) is 12.1 Å². The van der Waals surface area contributed by atoms with Crippen molar-refractivity contribution in [2.45, 2.75) is 52.6 Å². The Morgan fingerprint density at radius 2 is 1.53 bits per heavy atom. The summed E-state index contributed by atoms with van der Waals surface area (Å²) in [7, 11) is 0. The third kappa shape index (κ3) is 7.03. The van der Waals surface area contributed by atoms with Crippen LogP contribution in [0.25, 0.3) is 0 Å². The van der Waals surface area contributed by atoms with Crippen molar-refractivity contribution in [3.05, 3.63) is 0 Å². The second kappa shape index (κ2) is 8.77. The number of amides is 1. The summed E-state index contributed by atoms with van der Waals surface area (Å²) in [5, 5.41) is 2.59. The Hall–Kier alpha value is -1.27. The lowest BCUT2D eigenvalue weighted by Crippen LogP contribution is -2.53. The van der Waals surface area contributed by atoms with E-state index in [9.17, 15) is 14.4 Å². The average molecular weight is 271 g/mol. The molecule has 0 unspecified atom stereocenters. The largest absolute Gasteiger partial charge is 0.344 e. The van der Waals surface area contributed by atoms with Crippen LogP contribution in [-0.4, -0.2) is 30.1 Å². The molecular formula is C13H25N3O3. The molecule has 0 aliphatic rings. The zero-order valence-corrected chi connectivity index (χ0v) is 12.1. The lowest BCUT2D eigenvalue weighted by Gasteiger charge is -2.22. The van der Waals surface area contributed by atoms with Crippen molar-refractivity contribution in [1.29, 1.82) is 0 Å². The summed E-state index contributed by atoms with van der Waals surface area (Å²) in [6.45, 7) is 7.79. The zero-order valence-electron chi connectivity index (χ0n) is 12.1. The molecule has 0 saturated heterocycles. The van der Waals surface area contributed by atoms with Crippen molar-refractivity contribution in [2.24, 2.45) is 17.7 Å². The number of hydrazine groups is 1. The second-order valence-corrected chi connectivity index (χ2v) is 5.56. The smallest absolute Gasteiger partial charge is 0.239 e. The summed E-state index contributed by atoms with van der Waals surface area (Å²) >= 11 is 0. The minimum Gasteiger partial charge on any atom is -0.344 e. The minimum absolute atomic E-state index is 0.198. The summed E-state index contributed by atoms with van der Waals surface area (Å²) < 4.78 is 0. The number of hydrogen-bond donors (Lipinski definition) is 3. The number of nitrogens with two attached hydrogens (primary N) is 1. The van der Waals surface area contributed by atoms with Crippen molar-refractivity contribution in [1.82, 2.24) is 10.7 Å². The van der Waals surface area contributed by atoms with Gasteiger partial charge in [-0.05, 0) is 24.7 Å². The summed E-state index contributed by atoms with van der Waals surface area (Å²) in [5.41, 5.74) is 2.44. The van der Waals surface area contributed by atoms with Gasteiger partial charge in [0.1, 0.15) is 0 Å². The third-order valence-corrected chi connectivity index (χ3v) is 2.71. The molecule has 0 bridgehead atoms. The van der Waals surface area contributed by atoms with E-state index in [0.717, 1.165) is 0 Å². The van der Waals surface area contributed by atoms with Crippen LogP contribution < -0.4 is 16.6 Å². The molecule has 2 atom stereocenters. The molecule has 0 radical (unpaired) electrons.